The van der Waals surface area contributed by atoms with Crippen LogP contribution in [-0.4, -0.2) is 17.1 Å². The van der Waals surface area contributed by atoms with Crippen LogP contribution in [0.1, 0.15) is 44.8 Å². The van der Waals surface area contributed by atoms with Crippen LogP contribution in [0.5, 0.6) is 0 Å². The molecule has 0 bridgehead atoms. The maximum absolute atomic E-state index is 11.8. The average molecular weight is 250 g/mol. The Hall–Kier alpha value is -1.39. The summed E-state index contributed by atoms with van der Waals surface area (Å²) in [6.07, 6.45) is 1.51. The molecule has 0 heterocycles. The number of carbonyl (C=O) groups is 1. The summed E-state index contributed by atoms with van der Waals surface area (Å²) >= 11 is 0. The number of carbonyl (C=O) groups excluding carboxylic acids is 1. The summed E-state index contributed by atoms with van der Waals surface area (Å²) in [6.45, 7) is 3.72. The van der Waals surface area contributed by atoms with E-state index in [-0.39, 0.29) is 11.9 Å². The van der Waals surface area contributed by atoms with Crippen molar-refractivity contribution in [3.05, 3.63) is 29.8 Å². The quantitative estimate of drug-likeness (QED) is 0.724. The lowest BCUT2D eigenvalue weighted by molar-refractivity contribution is -0.116. The first kappa shape index (κ1) is 14.7. The first-order valence-corrected chi connectivity index (χ1v) is 6.37. The largest absolute Gasteiger partial charge is 0.389 e. The van der Waals surface area contributed by atoms with E-state index in [1.807, 2.05) is 19.1 Å². The number of aliphatic hydroxyl groups excluding tert-OH is 1. The monoisotopic (exact) mass is 250 g/mol. The zero-order valence-electron chi connectivity index (χ0n) is 11.0. The molecule has 18 heavy (non-hydrogen) atoms. The molecule has 1 rings (SSSR count). The fraction of sp³-hybridized carbons (Fsp3) is 0.500. The Morgan fingerprint density at radius 2 is 2.11 bits per heavy atom. The molecule has 0 saturated heterocycles. The number of amides is 1. The molecule has 0 aliphatic heterocycles. The van der Waals surface area contributed by atoms with Crippen LogP contribution in [-0.2, 0) is 4.79 Å². The molecule has 4 N–H and O–H groups in total. The van der Waals surface area contributed by atoms with Crippen LogP contribution >= 0.6 is 0 Å². The molecule has 100 valence electrons. The van der Waals surface area contributed by atoms with E-state index in [0.29, 0.717) is 12.1 Å². The van der Waals surface area contributed by atoms with Crippen LogP contribution in [0.15, 0.2) is 24.3 Å². The SMILES string of the molecule is CCCC(N)CC(=O)Nc1ccccc1C(C)O. The molecular formula is C14H22N2O2. The van der Waals surface area contributed by atoms with Gasteiger partial charge in [0.05, 0.1) is 6.10 Å². The van der Waals surface area contributed by atoms with Crippen molar-refractivity contribution in [2.24, 2.45) is 5.73 Å². The van der Waals surface area contributed by atoms with Crippen molar-refractivity contribution in [3.8, 4) is 0 Å². The van der Waals surface area contributed by atoms with Gasteiger partial charge in [-0.15, -0.1) is 0 Å². The molecule has 1 aromatic rings. The minimum atomic E-state index is -0.606. The van der Waals surface area contributed by atoms with Gasteiger partial charge in [-0.3, -0.25) is 4.79 Å². The highest BCUT2D eigenvalue weighted by atomic mass is 16.3. The second-order valence-electron chi connectivity index (χ2n) is 4.56. The number of anilines is 1. The van der Waals surface area contributed by atoms with E-state index < -0.39 is 6.10 Å². The van der Waals surface area contributed by atoms with Crippen molar-refractivity contribution < 1.29 is 9.90 Å². The minimum absolute atomic E-state index is 0.103. The van der Waals surface area contributed by atoms with E-state index in [0.717, 1.165) is 18.4 Å². The molecule has 0 fully saturated rings. The summed E-state index contributed by atoms with van der Waals surface area (Å²) in [7, 11) is 0. The standard InChI is InChI=1S/C14H22N2O2/c1-3-6-11(15)9-14(18)16-13-8-5-4-7-12(13)10(2)17/h4-5,7-8,10-11,17H,3,6,9,15H2,1-2H3,(H,16,18). The van der Waals surface area contributed by atoms with Gasteiger partial charge < -0.3 is 16.2 Å². The van der Waals surface area contributed by atoms with Crippen molar-refractivity contribution in [1.29, 1.82) is 0 Å². The summed E-state index contributed by atoms with van der Waals surface area (Å²) in [5.41, 5.74) is 7.20. The Kier molecular flexibility index (Phi) is 5.82. The van der Waals surface area contributed by atoms with Crippen molar-refractivity contribution in [1.82, 2.24) is 0 Å². The van der Waals surface area contributed by atoms with Gasteiger partial charge in [0, 0.05) is 23.7 Å². The predicted molar refractivity (Wildman–Crippen MR) is 73.2 cm³/mol. The predicted octanol–water partition coefficient (Wildman–Crippen LogP) is 2.20. The lowest BCUT2D eigenvalue weighted by Crippen LogP contribution is -2.27. The fourth-order valence-corrected chi connectivity index (χ4v) is 1.89. The van der Waals surface area contributed by atoms with E-state index in [1.54, 1.807) is 19.1 Å². The van der Waals surface area contributed by atoms with Crippen molar-refractivity contribution >= 4 is 11.6 Å². The Morgan fingerprint density at radius 3 is 2.72 bits per heavy atom. The number of aliphatic hydroxyl groups is 1. The molecule has 2 atom stereocenters. The maximum atomic E-state index is 11.8. The van der Waals surface area contributed by atoms with Crippen LogP contribution in [0, 0.1) is 0 Å². The third kappa shape index (κ3) is 4.47. The molecule has 4 heteroatoms. The third-order valence-corrected chi connectivity index (χ3v) is 2.79. The molecule has 0 aliphatic rings. The van der Waals surface area contributed by atoms with E-state index in [2.05, 4.69) is 5.32 Å². The maximum Gasteiger partial charge on any atom is 0.225 e. The van der Waals surface area contributed by atoms with Gasteiger partial charge in [0.2, 0.25) is 5.91 Å². The highest BCUT2D eigenvalue weighted by molar-refractivity contribution is 5.91. The molecule has 0 radical (unpaired) electrons. The van der Waals surface area contributed by atoms with Crippen molar-refractivity contribution in [2.75, 3.05) is 5.32 Å². The molecule has 2 unspecified atom stereocenters. The number of rotatable bonds is 6. The Morgan fingerprint density at radius 1 is 1.44 bits per heavy atom. The topological polar surface area (TPSA) is 75.4 Å². The van der Waals surface area contributed by atoms with Crippen LogP contribution in [0.25, 0.3) is 0 Å². The normalized spacial score (nSPS) is 14.0. The molecular weight excluding hydrogens is 228 g/mol. The second kappa shape index (κ2) is 7.13. The fourth-order valence-electron chi connectivity index (χ4n) is 1.89. The second-order valence-corrected chi connectivity index (χ2v) is 4.56. The molecule has 0 aromatic heterocycles. The number of nitrogens with one attached hydrogen (secondary N) is 1. The molecule has 0 aliphatic carbocycles. The lowest BCUT2D eigenvalue weighted by Gasteiger charge is -2.14. The smallest absolute Gasteiger partial charge is 0.225 e. The highest BCUT2D eigenvalue weighted by Crippen LogP contribution is 2.22. The first-order chi connectivity index (χ1) is 8.54. The number of hydrogen-bond acceptors (Lipinski definition) is 3. The van der Waals surface area contributed by atoms with Crippen molar-refractivity contribution in [3.63, 3.8) is 0 Å². The molecule has 0 spiro atoms. The Bertz CT molecular complexity index is 391. The van der Waals surface area contributed by atoms with Gasteiger partial charge >= 0.3 is 0 Å². The number of nitrogens with two attached hydrogens (primary N) is 1. The summed E-state index contributed by atoms with van der Waals surface area (Å²) in [5, 5.41) is 12.4. The van der Waals surface area contributed by atoms with Crippen LogP contribution < -0.4 is 11.1 Å². The molecule has 1 aromatic carbocycles. The zero-order valence-corrected chi connectivity index (χ0v) is 11.0. The molecule has 1 amide bonds. The van der Waals surface area contributed by atoms with Gasteiger partial charge in [0.15, 0.2) is 0 Å². The van der Waals surface area contributed by atoms with E-state index in [1.165, 1.54) is 0 Å². The average Bonchev–Trinajstić information content (AvgIpc) is 2.29. The van der Waals surface area contributed by atoms with Crippen molar-refractivity contribution in [2.45, 2.75) is 45.3 Å². The Labute approximate surface area is 108 Å². The van der Waals surface area contributed by atoms with Gasteiger partial charge in [-0.25, -0.2) is 0 Å². The first-order valence-electron chi connectivity index (χ1n) is 6.37. The van der Waals surface area contributed by atoms with E-state index in [9.17, 15) is 9.90 Å². The van der Waals surface area contributed by atoms with E-state index in [4.69, 9.17) is 5.73 Å². The summed E-state index contributed by atoms with van der Waals surface area (Å²) in [5.74, 6) is -0.107. The summed E-state index contributed by atoms with van der Waals surface area (Å²) in [6, 6.07) is 7.14. The van der Waals surface area contributed by atoms with Gasteiger partial charge in [-0.1, -0.05) is 31.5 Å². The highest BCUT2D eigenvalue weighted by Gasteiger charge is 2.12. The zero-order chi connectivity index (χ0) is 13.5. The number of benzene rings is 1. The van der Waals surface area contributed by atoms with Crippen LogP contribution in [0.4, 0.5) is 5.69 Å². The number of hydrogen-bond donors (Lipinski definition) is 3. The van der Waals surface area contributed by atoms with Crippen LogP contribution in [0.2, 0.25) is 0 Å². The molecule has 0 saturated carbocycles. The minimum Gasteiger partial charge on any atom is -0.389 e. The third-order valence-electron chi connectivity index (χ3n) is 2.79. The lowest BCUT2D eigenvalue weighted by atomic mass is 10.1. The summed E-state index contributed by atoms with van der Waals surface area (Å²) < 4.78 is 0. The van der Waals surface area contributed by atoms with Gasteiger partial charge in [-0.2, -0.15) is 0 Å². The van der Waals surface area contributed by atoms with Crippen LogP contribution in [0.3, 0.4) is 0 Å². The van der Waals surface area contributed by atoms with Gasteiger partial charge in [0.1, 0.15) is 0 Å². The van der Waals surface area contributed by atoms with Gasteiger partial charge in [0.25, 0.3) is 0 Å². The van der Waals surface area contributed by atoms with Gasteiger partial charge in [-0.05, 0) is 19.4 Å². The van der Waals surface area contributed by atoms with E-state index >= 15 is 0 Å². The summed E-state index contributed by atoms with van der Waals surface area (Å²) in [4.78, 5) is 11.8. The Balaban J connectivity index is 2.64. The molecule has 4 nitrogen and oxygen atoms in total. The number of para-hydroxylation sites is 1.